The number of halogens is 4. The quantitative estimate of drug-likeness (QED) is 0.842. The second kappa shape index (κ2) is 5.76. The Kier molecular flexibility index (Phi) is 4.42. The minimum atomic E-state index is -4.59. The van der Waals surface area contributed by atoms with Crippen LogP contribution in [0.15, 0.2) is 6.07 Å². The number of alkyl halides is 3. The van der Waals surface area contributed by atoms with Gasteiger partial charge in [-0.25, -0.2) is 9.97 Å². The highest BCUT2D eigenvalue weighted by atomic mass is 35.5. The van der Waals surface area contributed by atoms with Crippen molar-refractivity contribution in [1.29, 1.82) is 0 Å². The molecule has 1 fully saturated rings. The molecule has 0 amide bonds. The molecule has 3 nitrogen and oxygen atoms in total. The Morgan fingerprint density at radius 3 is 2.60 bits per heavy atom. The van der Waals surface area contributed by atoms with Gasteiger partial charge in [-0.3, -0.25) is 0 Å². The van der Waals surface area contributed by atoms with E-state index in [1.54, 1.807) is 0 Å². The van der Waals surface area contributed by atoms with Crippen LogP contribution >= 0.6 is 11.6 Å². The van der Waals surface area contributed by atoms with Gasteiger partial charge < -0.3 is 5.32 Å². The van der Waals surface area contributed by atoms with Crippen LogP contribution in [0.2, 0.25) is 5.15 Å². The van der Waals surface area contributed by atoms with Crippen molar-refractivity contribution < 1.29 is 13.2 Å². The Hall–Kier alpha value is -1.04. The number of rotatable bonds is 3. The van der Waals surface area contributed by atoms with E-state index in [-0.39, 0.29) is 17.0 Å². The molecule has 0 spiro atoms. The molecule has 1 N–H and O–H groups in total. The van der Waals surface area contributed by atoms with Crippen molar-refractivity contribution in [3.05, 3.63) is 17.0 Å². The summed E-state index contributed by atoms with van der Waals surface area (Å²) >= 11 is 5.64. The van der Waals surface area contributed by atoms with Crippen molar-refractivity contribution >= 4 is 17.4 Å². The van der Waals surface area contributed by atoms with Gasteiger partial charge in [0.25, 0.3) is 0 Å². The lowest BCUT2D eigenvalue weighted by Gasteiger charge is -2.21. The summed E-state index contributed by atoms with van der Waals surface area (Å²) in [4.78, 5) is 6.74. The number of aromatic nitrogens is 2. The Labute approximate surface area is 120 Å². The van der Waals surface area contributed by atoms with Crippen molar-refractivity contribution in [2.45, 2.75) is 45.3 Å². The van der Waals surface area contributed by atoms with Gasteiger partial charge >= 0.3 is 6.18 Å². The van der Waals surface area contributed by atoms with Gasteiger partial charge in [0.2, 0.25) is 5.82 Å². The van der Waals surface area contributed by atoms with Gasteiger partial charge in [-0.05, 0) is 24.7 Å². The highest BCUT2D eigenvalue weighted by molar-refractivity contribution is 6.29. The van der Waals surface area contributed by atoms with E-state index in [9.17, 15) is 13.2 Å². The summed E-state index contributed by atoms with van der Waals surface area (Å²) in [5.41, 5.74) is 0. The molecule has 3 atom stereocenters. The maximum atomic E-state index is 12.6. The Bertz CT molecular complexity index is 478. The molecule has 0 aliphatic heterocycles. The van der Waals surface area contributed by atoms with Gasteiger partial charge in [-0.2, -0.15) is 13.2 Å². The van der Waals surface area contributed by atoms with E-state index in [0.29, 0.717) is 11.8 Å². The molecule has 0 radical (unpaired) electrons. The van der Waals surface area contributed by atoms with E-state index in [4.69, 9.17) is 11.6 Å². The summed E-state index contributed by atoms with van der Waals surface area (Å²) < 4.78 is 37.9. The van der Waals surface area contributed by atoms with Crippen LogP contribution in [0.4, 0.5) is 19.0 Å². The molecule has 20 heavy (non-hydrogen) atoms. The SMILES string of the molecule is CCC1CCC(Nc2cc(Cl)nc(C(F)(F)F)n2)C1C. The predicted octanol–water partition coefficient (Wildman–Crippen LogP) is 4.39. The molecule has 1 heterocycles. The second-order valence-corrected chi connectivity index (χ2v) is 5.64. The third-order valence-corrected chi connectivity index (χ3v) is 4.23. The van der Waals surface area contributed by atoms with Crippen molar-refractivity contribution in [3.8, 4) is 0 Å². The van der Waals surface area contributed by atoms with Crippen LogP contribution in [0.1, 0.15) is 38.9 Å². The van der Waals surface area contributed by atoms with Crippen LogP contribution in [-0.4, -0.2) is 16.0 Å². The van der Waals surface area contributed by atoms with E-state index in [1.165, 1.54) is 6.07 Å². The molecule has 112 valence electrons. The Balaban J connectivity index is 2.16. The average molecular weight is 308 g/mol. The van der Waals surface area contributed by atoms with Gasteiger partial charge in [0.05, 0.1) is 0 Å². The lowest BCUT2D eigenvalue weighted by atomic mass is 9.93. The number of hydrogen-bond acceptors (Lipinski definition) is 3. The highest BCUT2D eigenvalue weighted by Crippen LogP contribution is 2.36. The predicted molar refractivity (Wildman–Crippen MR) is 71.6 cm³/mol. The molecular formula is C13H17ClF3N3. The second-order valence-electron chi connectivity index (χ2n) is 5.25. The molecule has 1 aliphatic carbocycles. The third kappa shape index (κ3) is 3.34. The van der Waals surface area contributed by atoms with Gasteiger partial charge in [0.1, 0.15) is 11.0 Å². The van der Waals surface area contributed by atoms with Crippen LogP contribution in [-0.2, 0) is 6.18 Å². The zero-order valence-electron chi connectivity index (χ0n) is 11.3. The van der Waals surface area contributed by atoms with Crippen LogP contribution in [0, 0.1) is 11.8 Å². The largest absolute Gasteiger partial charge is 0.451 e. The van der Waals surface area contributed by atoms with Crippen molar-refractivity contribution in [3.63, 3.8) is 0 Å². The molecule has 2 rings (SSSR count). The molecular weight excluding hydrogens is 291 g/mol. The molecule has 0 bridgehead atoms. The average Bonchev–Trinajstić information content (AvgIpc) is 2.69. The number of anilines is 1. The number of nitrogens with zero attached hydrogens (tertiary/aromatic N) is 2. The fourth-order valence-electron chi connectivity index (χ4n) is 2.84. The maximum absolute atomic E-state index is 12.6. The first-order valence-corrected chi connectivity index (χ1v) is 7.07. The normalized spacial score (nSPS) is 26.8. The molecule has 1 saturated carbocycles. The zero-order chi connectivity index (χ0) is 14.9. The first-order valence-electron chi connectivity index (χ1n) is 6.69. The highest BCUT2D eigenvalue weighted by Gasteiger charge is 2.36. The fraction of sp³-hybridized carbons (Fsp3) is 0.692. The topological polar surface area (TPSA) is 37.8 Å². The van der Waals surface area contributed by atoms with E-state index < -0.39 is 12.0 Å². The van der Waals surface area contributed by atoms with Gasteiger partial charge in [-0.1, -0.05) is 31.9 Å². The van der Waals surface area contributed by atoms with Gasteiger partial charge in [0.15, 0.2) is 0 Å². The molecule has 1 aromatic rings. The first kappa shape index (κ1) is 15.4. The molecule has 0 saturated heterocycles. The molecule has 1 aromatic heterocycles. The smallest absolute Gasteiger partial charge is 0.367 e. The first-order chi connectivity index (χ1) is 9.31. The van der Waals surface area contributed by atoms with Crippen LogP contribution < -0.4 is 5.32 Å². The molecule has 1 aliphatic rings. The molecule has 3 unspecified atom stereocenters. The monoisotopic (exact) mass is 307 g/mol. The fourth-order valence-corrected chi connectivity index (χ4v) is 3.02. The van der Waals surface area contributed by atoms with Crippen molar-refractivity contribution in [2.24, 2.45) is 11.8 Å². The van der Waals surface area contributed by atoms with E-state index >= 15 is 0 Å². The van der Waals surface area contributed by atoms with E-state index in [1.807, 2.05) is 0 Å². The minimum Gasteiger partial charge on any atom is -0.367 e. The van der Waals surface area contributed by atoms with Crippen LogP contribution in [0.25, 0.3) is 0 Å². The standard InChI is InChI=1S/C13H17ClF3N3/c1-3-8-4-5-9(7(8)2)18-11-6-10(14)19-12(20-11)13(15,16)17/h6-9H,3-5H2,1-2H3,(H,18,19,20). The van der Waals surface area contributed by atoms with Gasteiger partial charge in [-0.15, -0.1) is 0 Å². The summed E-state index contributed by atoms with van der Waals surface area (Å²) in [6, 6.07) is 1.47. The summed E-state index contributed by atoms with van der Waals surface area (Å²) in [6.07, 6.45) is -1.49. The maximum Gasteiger partial charge on any atom is 0.451 e. The number of hydrogen-bond donors (Lipinski definition) is 1. The third-order valence-electron chi connectivity index (χ3n) is 4.03. The van der Waals surface area contributed by atoms with Crippen LogP contribution in [0.3, 0.4) is 0 Å². The summed E-state index contributed by atoms with van der Waals surface area (Å²) in [7, 11) is 0. The minimum absolute atomic E-state index is 0.131. The van der Waals surface area contributed by atoms with Gasteiger partial charge in [0, 0.05) is 12.1 Å². The van der Waals surface area contributed by atoms with E-state index in [2.05, 4.69) is 29.1 Å². The molecule has 0 aromatic carbocycles. The van der Waals surface area contributed by atoms with Crippen LogP contribution in [0.5, 0.6) is 0 Å². The zero-order valence-corrected chi connectivity index (χ0v) is 12.1. The molecule has 7 heteroatoms. The van der Waals surface area contributed by atoms with Crippen molar-refractivity contribution in [2.75, 3.05) is 5.32 Å². The summed E-state index contributed by atoms with van der Waals surface area (Å²) in [5, 5.41) is 2.87. The van der Waals surface area contributed by atoms with E-state index in [0.717, 1.165) is 19.3 Å². The summed E-state index contributed by atoms with van der Waals surface area (Å²) in [5.74, 6) is -0.0499. The number of nitrogens with one attached hydrogen (secondary N) is 1. The van der Waals surface area contributed by atoms with Crippen molar-refractivity contribution in [1.82, 2.24) is 9.97 Å². The summed E-state index contributed by atoms with van der Waals surface area (Å²) in [6.45, 7) is 4.25. The lowest BCUT2D eigenvalue weighted by Crippen LogP contribution is -2.26. The Morgan fingerprint density at radius 1 is 1.35 bits per heavy atom. The lowest BCUT2D eigenvalue weighted by molar-refractivity contribution is -0.144. The Morgan fingerprint density at radius 2 is 2.05 bits per heavy atom.